The summed E-state index contributed by atoms with van der Waals surface area (Å²) in [4.78, 5) is 24.7. The first-order valence-corrected chi connectivity index (χ1v) is 7.80. The maximum Gasteiger partial charge on any atom is 0.336 e. The second-order valence-electron chi connectivity index (χ2n) is 5.99. The molecule has 0 unspecified atom stereocenters. The number of carboxylic acid groups (broad SMARTS) is 1. The van der Waals surface area contributed by atoms with Gasteiger partial charge in [-0.2, -0.15) is 0 Å². The van der Waals surface area contributed by atoms with Crippen LogP contribution in [0.4, 0.5) is 5.69 Å². The number of hydrogen-bond donors (Lipinski definition) is 1. The van der Waals surface area contributed by atoms with Gasteiger partial charge < -0.3 is 19.2 Å². The van der Waals surface area contributed by atoms with Gasteiger partial charge in [-0.1, -0.05) is 0 Å². The minimum absolute atomic E-state index is 0.231. The Morgan fingerprint density at radius 3 is 2.64 bits per heavy atom. The molecule has 0 fully saturated rings. The van der Waals surface area contributed by atoms with Crippen LogP contribution in [0.25, 0.3) is 11.0 Å². The van der Waals surface area contributed by atoms with E-state index in [0.717, 1.165) is 22.2 Å². The number of aryl methyl sites for hydroxylation is 1. The van der Waals surface area contributed by atoms with Crippen molar-refractivity contribution in [3.8, 4) is 5.75 Å². The van der Waals surface area contributed by atoms with Crippen molar-refractivity contribution in [2.24, 2.45) is 0 Å². The summed E-state index contributed by atoms with van der Waals surface area (Å²) in [5.74, 6) is -0.269. The van der Waals surface area contributed by atoms with Gasteiger partial charge in [-0.05, 0) is 48.9 Å². The van der Waals surface area contributed by atoms with Crippen LogP contribution in [0.2, 0.25) is 0 Å². The van der Waals surface area contributed by atoms with E-state index >= 15 is 0 Å². The van der Waals surface area contributed by atoms with E-state index in [-0.39, 0.29) is 11.2 Å². The third kappa shape index (κ3) is 2.61. The molecule has 0 aliphatic carbocycles. The van der Waals surface area contributed by atoms with Crippen LogP contribution in [0.3, 0.4) is 0 Å². The van der Waals surface area contributed by atoms with Crippen molar-refractivity contribution in [3.05, 3.63) is 69.6 Å². The molecule has 1 N–H and O–H groups in total. The highest BCUT2D eigenvalue weighted by Gasteiger charge is 2.22. The van der Waals surface area contributed by atoms with Crippen LogP contribution < -0.4 is 15.3 Å². The quantitative estimate of drug-likeness (QED) is 0.724. The second-order valence-corrected chi connectivity index (χ2v) is 5.99. The molecule has 1 aliphatic rings. The summed E-state index contributed by atoms with van der Waals surface area (Å²) >= 11 is 0. The molecule has 4 rings (SSSR count). The molecule has 0 saturated heterocycles. The van der Waals surface area contributed by atoms with Gasteiger partial charge in [0.1, 0.15) is 11.3 Å². The second kappa shape index (κ2) is 5.66. The first kappa shape index (κ1) is 15.3. The Kier molecular flexibility index (Phi) is 3.46. The summed E-state index contributed by atoms with van der Waals surface area (Å²) in [6, 6.07) is 11.8. The molecule has 1 aliphatic heterocycles. The molecule has 6 heteroatoms. The molecule has 2 heterocycles. The zero-order chi connectivity index (χ0) is 17.6. The number of aromatic carboxylic acids is 1. The van der Waals surface area contributed by atoms with Crippen molar-refractivity contribution in [3.63, 3.8) is 0 Å². The average molecular weight is 337 g/mol. The fraction of sp³-hybridized carbons (Fsp3) is 0.158. The maximum absolute atomic E-state index is 11.8. The molecule has 3 aromatic rings. The van der Waals surface area contributed by atoms with Gasteiger partial charge in [0.15, 0.2) is 6.73 Å². The van der Waals surface area contributed by atoms with Crippen LogP contribution in [0.5, 0.6) is 5.75 Å². The van der Waals surface area contributed by atoms with Gasteiger partial charge in [0, 0.05) is 17.1 Å². The molecule has 0 bridgehead atoms. The molecule has 0 saturated carbocycles. The lowest BCUT2D eigenvalue weighted by Crippen LogP contribution is -2.32. The van der Waals surface area contributed by atoms with E-state index in [0.29, 0.717) is 24.6 Å². The molecule has 0 spiro atoms. The standard InChI is InChI=1S/C19H15NO5/c1-11-8-17(21)25-18-14(11)6-7-16-15(18)9-20(10-24-16)13-4-2-12(3-5-13)19(22)23/h2-8H,9-10H2,1H3,(H,22,23). The van der Waals surface area contributed by atoms with Gasteiger partial charge in [0.25, 0.3) is 0 Å². The van der Waals surface area contributed by atoms with Crippen LogP contribution in [0.1, 0.15) is 21.5 Å². The van der Waals surface area contributed by atoms with Crippen molar-refractivity contribution in [2.45, 2.75) is 13.5 Å². The summed E-state index contributed by atoms with van der Waals surface area (Å²) in [6.45, 7) is 2.71. The number of fused-ring (bicyclic) bond motifs is 3. The first-order chi connectivity index (χ1) is 12.0. The number of carbonyl (C=O) groups is 1. The highest BCUT2D eigenvalue weighted by molar-refractivity contribution is 5.88. The summed E-state index contributed by atoms with van der Waals surface area (Å²) in [5, 5.41) is 9.89. The lowest BCUT2D eigenvalue weighted by Gasteiger charge is -2.31. The summed E-state index contributed by atoms with van der Waals surface area (Å²) in [7, 11) is 0. The van der Waals surface area contributed by atoms with E-state index in [1.165, 1.54) is 6.07 Å². The molecule has 25 heavy (non-hydrogen) atoms. The van der Waals surface area contributed by atoms with Crippen LogP contribution in [0.15, 0.2) is 51.7 Å². The van der Waals surface area contributed by atoms with E-state index in [9.17, 15) is 9.59 Å². The van der Waals surface area contributed by atoms with E-state index in [4.69, 9.17) is 14.3 Å². The van der Waals surface area contributed by atoms with Crippen molar-refractivity contribution in [1.29, 1.82) is 0 Å². The molecule has 0 radical (unpaired) electrons. The third-order valence-electron chi connectivity index (χ3n) is 4.38. The monoisotopic (exact) mass is 337 g/mol. The Hall–Kier alpha value is -3.28. The van der Waals surface area contributed by atoms with Crippen molar-refractivity contribution < 1.29 is 19.1 Å². The molecule has 1 aromatic heterocycles. The number of nitrogens with zero attached hydrogens (tertiary/aromatic N) is 1. The Morgan fingerprint density at radius 2 is 1.92 bits per heavy atom. The Morgan fingerprint density at radius 1 is 1.16 bits per heavy atom. The van der Waals surface area contributed by atoms with E-state index in [2.05, 4.69) is 0 Å². The fourth-order valence-corrected chi connectivity index (χ4v) is 3.07. The molecule has 6 nitrogen and oxygen atoms in total. The highest BCUT2D eigenvalue weighted by atomic mass is 16.5. The van der Waals surface area contributed by atoms with E-state index < -0.39 is 5.97 Å². The molecular weight excluding hydrogens is 322 g/mol. The smallest absolute Gasteiger partial charge is 0.336 e. The zero-order valence-electron chi connectivity index (χ0n) is 13.5. The number of ether oxygens (including phenoxy) is 1. The lowest BCUT2D eigenvalue weighted by atomic mass is 10.0. The van der Waals surface area contributed by atoms with Gasteiger partial charge in [-0.3, -0.25) is 0 Å². The van der Waals surface area contributed by atoms with Crippen molar-refractivity contribution in [1.82, 2.24) is 0 Å². The van der Waals surface area contributed by atoms with Gasteiger partial charge in [-0.15, -0.1) is 0 Å². The number of carboxylic acids is 1. The Bertz CT molecular complexity index is 1040. The Balaban J connectivity index is 1.76. The zero-order valence-corrected chi connectivity index (χ0v) is 13.5. The molecule has 0 amide bonds. The number of hydrogen-bond acceptors (Lipinski definition) is 5. The van der Waals surface area contributed by atoms with Crippen LogP contribution in [-0.2, 0) is 6.54 Å². The van der Waals surface area contributed by atoms with Crippen molar-refractivity contribution >= 4 is 22.6 Å². The normalized spacial score (nSPS) is 13.4. The molecule has 126 valence electrons. The first-order valence-electron chi connectivity index (χ1n) is 7.80. The third-order valence-corrected chi connectivity index (χ3v) is 4.38. The predicted octanol–water partition coefficient (Wildman–Crippen LogP) is 3.16. The minimum atomic E-state index is -0.963. The SMILES string of the molecule is Cc1cc(=O)oc2c3c(ccc12)OCN(c1ccc(C(=O)O)cc1)C3. The van der Waals surface area contributed by atoms with Crippen LogP contribution >= 0.6 is 0 Å². The van der Waals surface area contributed by atoms with E-state index in [1.54, 1.807) is 24.3 Å². The highest BCUT2D eigenvalue weighted by Crippen LogP contribution is 2.34. The number of benzene rings is 2. The molecule has 2 aromatic carbocycles. The van der Waals surface area contributed by atoms with Crippen molar-refractivity contribution in [2.75, 3.05) is 11.6 Å². The Labute approximate surface area is 142 Å². The van der Waals surface area contributed by atoms with E-state index in [1.807, 2.05) is 24.0 Å². The van der Waals surface area contributed by atoms with Gasteiger partial charge in [0.2, 0.25) is 0 Å². The van der Waals surface area contributed by atoms with Gasteiger partial charge in [-0.25, -0.2) is 9.59 Å². The average Bonchev–Trinajstić information content (AvgIpc) is 2.61. The number of anilines is 1. The summed E-state index contributed by atoms with van der Waals surface area (Å²) in [5.41, 5.74) is 2.89. The molecular formula is C19H15NO5. The van der Waals surface area contributed by atoms with Gasteiger partial charge in [0.05, 0.1) is 17.7 Å². The topological polar surface area (TPSA) is 80.0 Å². The number of rotatable bonds is 2. The minimum Gasteiger partial charge on any atom is -0.478 e. The van der Waals surface area contributed by atoms with Gasteiger partial charge >= 0.3 is 11.6 Å². The van der Waals surface area contributed by atoms with Crippen LogP contribution in [0, 0.1) is 6.92 Å². The summed E-state index contributed by atoms with van der Waals surface area (Å²) in [6.07, 6.45) is 0. The molecule has 0 atom stereocenters. The lowest BCUT2D eigenvalue weighted by molar-refractivity contribution is 0.0697. The largest absolute Gasteiger partial charge is 0.478 e. The summed E-state index contributed by atoms with van der Waals surface area (Å²) < 4.78 is 11.2. The predicted molar refractivity (Wildman–Crippen MR) is 92.3 cm³/mol. The maximum atomic E-state index is 11.8. The fourth-order valence-electron chi connectivity index (χ4n) is 3.07. The van der Waals surface area contributed by atoms with Crippen LogP contribution in [-0.4, -0.2) is 17.8 Å².